The van der Waals surface area contributed by atoms with Gasteiger partial charge in [0.15, 0.2) is 0 Å². The summed E-state index contributed by atoms with van der Waals surface area (Å²) in [6.07, 6.45) is 0.857. The van der Waals surface area contributed by atoms with Gasteiger partial charge in [-0.05, 0) is 18.9 Å². The van der Waals surface area contributed by atoms with Gasteiger partial charge in [-0.2, -0.15) is 0 Å². The number of ether oxygens (including phenoxy) is 1. The summed E-state index contributed by atoms with van der Waals surface area (Å²) in [7, 11) is 0. The lowest BCUT2D eigenvalue weighted by Crippen LogP contribution is -2.46. The number of nitro groups is 1. The van der Waals surface area contributed by atoms with Crippen LogP contribution in [0.15, 0.2) is 24.3 Å². The van der Waals surface area contributed by atoms with Gasteiger partial charge < -0.3 is 4.74 Å². The molecule has 1 atom stereocenters. The van der Waals surface area contributed by atoms with Gasteiger partial charge >= 0.3 is 0 Å². The number of hydrazine groups is 1. The molecule has 2 N–H and O–H groups in total. The van der Waals surface area contributed by atoms with E-state index in [1.807, 2.05) is 0 Å². The standard InChI is InChI=1S/C12H13N3O5/c16-11(8-3-1-4-9(7-8)15(18)19)13-14-12(17)10-5-2-6-20-10/h1,3-4,7,10H,2,5-6H2,(H,13,16)(H,14,17)/t10-/m1/s1. The first-order valence-corrected chi connectivity index (χ1v) is 6.04. The molecule has 0 bridgehead atoms. The van der Waals surface area contributed by atoms with Crippen LogP contribution in [0.3, 0.4) is 0 Å². The highest BCUT2D eigenvalue weighted by Gasteiger charge is 2.24. The number of amides is 2. The number of benzene rings is 1. The normalized spacial score (nSPS) is 17.5. The van der Waals surface area contributed by atoms with E-state index in [-0.39, 0.29) is 11.3 Å². The second-order valence-corrected chi connectivity index (χ2v) is 4.25. The van der Waals surface area contributed by atoms with E-state index in [1.54, 1.807) is 0 Å². The quantitative estimate of drug-likeness (QED) is 0.619. The van der Waals surface area contributed by atoms with E-state index in [9.17, 15) is 19.7 Å². The first-order valence-electron chi connectivity index (χ1n) is 6.04. The molecule has 0 aliphatic carbocycles. The zero-order valence-electron chi connectivity index (χ0n) is 10.5. The van der Waals surface area contributed by atoms with E-state index >= 15 is 0 Å². The Balaban J connectivity index is 1.92. The van der Waals surface area contributed by atoms with Crippen molar-refractivity contribution in [3.63, 3.8) is 0 Å². The molecule has 1 aliphatic rings. The zero-order valence-corrected chi connectivity index (χ0v) is 10.5. The van der Waals surface area contributed by atoms with Gasteiger partial charge in [-0.1, -0.05) is 6.07 Å². The van der Waals surface area contributed by atoms with Crippen molar-refractivity contribution < 1.29 is 19.2 Å². The van der Waals surface area contributed by atoms with Crippen LogP contribution < -0.4 is 10.9 Å². The predicted molar refractivity (Wildman–Crippen MR) is 67.7 cm³/mol. The molecule has 0 unspecified atom stereocenters. The van der Waals surface area contributed by atoms with Gasteiger partial charge in [0.1, 0.15) is 6.10 Å². The second kappa shape index (κ2) is 6.11. The van der Waals surface area contributed by atoms with Gasteiger partial charge in [-0.25, -0.2) is 0 Å². The Morgan fingerprint density at radius 1 is 1.35 bits per heavy atom. The fraction of sp³-hybridized carbons (Fsp3) is 0.333. The summed E-state index contributed by atoms with van der Waals surface area (Å²) < 4.78 is 5.15. The highest BCUT2D eigenvalue weighted by molar-refractivity contribution is 5.96. The Bertz CT molecular complexity index is 540. The fourth-order valence-corrected chi connectivity index (χ4v) is 1.82. The number of rotatable bonds is 3. The molecule has 1 aromatic rings. The van der Waals surface area contributed by atoms with Crippen LogP contribution in [-0.2, 0) is 9.53 Å². The largest absolute Gasteiger partial charge is 0.368 e. The van der Waals surface area contributed by atoms with Gasteiger partial charge in [0.2, 0.25) is 0 Å². The highest BCUT2D eigenvalue weighted by atomic mass is 16.6. The Morgan fingerprint density at radius 3 is 2.80 bits per heavy atom. The number of nitrogens with one attached hydrogen (secondary N) is 2. The number of hydrogen-bond acceptors (Lipinski definition) is 5. The van der Waals surface area contributed by atoms with Crippen LogP contribution in [0.5, 0.6) is 0 Å². The number of non-ortho nitro benzene ring substituents is 1. The van der Waals surface area contributed by atoms with Crippen molar-refractivity contribution >= 4 is 17.5 Å². The van der Waals surface area contributed by atoms with E-state index in [0.717, 1.165) is 12.5 Å². The summed E-state index contributed by atoms with van der Waals surface area (Å²) in [5.74, 6) is -1.05. The molecule has 1 fully saturated rings. The van der Waals surface area contributed by atoms with Crippen LogP contribution in [0.1, 0.15) is 23.2 Å². The van der Waals surface area contributed by atoms with E-state index in [1.165, 1.54) is 18.2 Å². The second-order valence-electron chi connectivity index (χ2n) is 4.25. The molecule has 8 nitrogen and oxygen atoms in total. The zero-order chi connectivity index (χ0) is 14.5. The molecule has 0 spiro atoms. The first kappa shape index (κ1) is 13.9. The van der Waals surface area contributed by atoms with E-state index < -0.39 is 22.8 Å². The molecule has 1 heterocycles. The lowest BCUT2D eigenvalue weighted by atomic mass is 10.2. The van der Waals surface area contributed by atoms with Crippen molar-refractivity contribution in [3.8, 4) is 0 Å². The maximum atomic E-state index is 11.7. The average molecular weight is 279 g/mol. The molecule has 2 rings (SSSR count). The Kier molecular flexibility index (Phi) is 4.26. The third-order valence-corrected chi connectivity index (χ3v) is 2.84. The summed E-state index contributed by atoms with van der Waals surface area (Å²) >= 11 is 0. The Morgan fingerprint density at radius 2 is 2.15 bits per heavy atom. The van der Waals surface area contributed by atoms with Crippen molar-refractivity contribution in [2.24, 2.45) is 0 Å². The van der Waals surface area contributed by atoms with Crippen molar-refractivity contribution in [1.82, 2.24) is 10.9 Å². The molecular weight excluding hydrogens is 266 g/mol. The van der Waals surface area contributed by atoms with Gasteiger partial charge in [-0.15, -0.1) is 0 Å². The Labute approximate surface area is 114 Å². The highest BCUT2D eigenvalue weighted by Crippen LogP contribution is 2.13. The van der Waals surface area contributed by atoms with Crippen molar-refractivity contribution in [1.29, 1.82) is 0 Å². The SMILES string of the molecule is O=C(NNC(=O)[C@H]1CCCO1)c1cccc([N+](=O)[O-])c1. The van der Waals surface area contributed by atoms with Crippen molar-refractivity contribution in [3.05, 3.63) is 39.9 Å². The molecule has 20 heavy (non-hydrogen) atoms. The predicted octanol–water partition coefficient (Wildman–Crippen LogP) is 0.535. The summed E-state index contributed by atoms with van der Waals surface area (Å²) in [5, 5.41) is 10.6. The summed E-state index contributed by atoms with van der Waals surface area (Å²) in [5.41, 5.74) is 4.34. The average Bonchev–Trinajstić information content (AvgIpc) is 2.98. The van der Waals surface area contributed by atoms with Crippen LogP contribution in [0, 0.1) is 10.1 Å². The van der Waals surface area contributed by atoms with Crippen LogP contribution in [0.25, 0.3) is 0 Å². The monoisotopic (exact) mass is 279 g/mol. The number of nitro benzene ring substituents is 1. The minimum Gasteiger partial charge on any atom is -0.368 e. The smallest absolute Gasteiger partial charge is 0.270 e. The summed E-state index contributed by atoms with van der Waals surface area (Å²) in [6, 6.07) is 5.23. The molecule has 1 aliphatic heterocycles. The molecule has 1 aromatic carbocycles. The van der Waals surface area contributed by atoms with Crippen LogP contribution in [0.4, 0.5) is 5.69 Å². The minimum absolute atomic E-state index is 0.0897. The number of carbonyl (C=O) groups excluding carboxylic acids is 2. The lowest BCUT2D eigenvalue weighted by molar-refractivity contribution is -0.384. The fourth-order valence-electron chi connectivity index (χ4n) is 1.82. The van der Waals surface area contributed by atoms with Crippen LogP contribution in [-0.4, -0.2) is 29.4 Å². The molecule has 8 heteroatoms. The third kappa shape index (κ3) is 3.29. The molecule has 0 aromatic heterocycles. The van der Waals surface area contributed by atoms with Gasteiger partial charge in [0.25, 0.3) is 17.5 Å². The lowest BCUT2D eigenvalue weighted by Gasteiger charge is -2.11. The molecule has 0 saturated carbocycles. The van der Waals surface area contributed by atoms with Crippen molar-refractivity contribution in [2.45, 2.75) is 18.9 Å². The maximum Gasteiger partial charge on any atom is 0.270 e. The first-order chi connectivity index (χ1) is 9.58. The van der Waals surface area contributed by atoms with Gasteiger partial charge in [-0.3, -0.25) is 30.6 Å². The number of carbonyl (C=O) groups is 2. The van der Waals surface area contributed by atoms with E-state index in [0.29, 0.717) is 13.0 Å². The summed E-state index contributed by atoms with van der Waals surface area (Å²) in [4.78, 5) is 33.4. The Hall–Kier alpha value is -2.48. The van der Waals surface area contributed by atoms with E-state index in [4.69, 9.17) is 4.74 Å². The minimum atomic E-state index is -0.625. The molecule has 106 valence electrons. The van der Waals surface area contributed by atoms with Gasteiger partial charge in [0, 0.05) is 24.3 Å². The molecular formula is C12H13N3O5. The number of hydrogen-bond donors (Lipinski definition) is 2. The molecule has 1 saturated heterocycles. The molecule has 0 radical (unpaired) electrons. The molecule has 2 amide bonds. The maximum absolute atomic E-state index is 11.7. The topological polar surface area (TPSA) is 111 Å². The van der Waals surface area contributed by atoms with E-state index in [2.05, 4.69) is 10.9 Å². The van der Waals surface area contributed by atoms with Crippen molar-refractivity contribution in [2.75, 3.05) is 6.61 Å². The van der Waals surface area contributed by atoms with Crippen LogP contribution >= 0.6 is 0 Å². The number of nitrogens with zero attached hydrogens (tertiary/aromatic N) is 1. The van der Waals surface area contributed by atoms with Gasteiger partial charge in [0.05, 0.1) is 4.92 Å². The third-order valence-electron chi connectivity index (χ3n) is 2.84. The summed E-state index contributed by atoms with van der Waals surface area (Å²) in [6.45, 7) is 0.525. The van der Waals surface area contributed by atoms with Crippen LogP contribution in [0.2, 0.25) is 0 Å².